The Balaban J connectivity index is 1.91. The molecule has 0 saturated carbocycles. The van der Waals surface area contributed by atoms with Gasteiger partial charge in [0.05, 0.1) is 24.0 Å². The molecule has 22 heavy (non-hydrogen) atoms. The molecular weight excluding hydrogens is 282 g/mol. The van der Waals surface area contributed by atoms with Crippen molar-refractivity contribution in [2.24, 2.45) is 11.8 Å². The van der Waals surface area contributed by atoms with Gasteiger partial charge >= 0.3 is 0 Å². The van der Waals surface area contributed by atoms with Crippen LogP contribution in [0.3, 0.4) is 0 Å². The quantitative estimate of drug-likeness (QED) is 0.723. The first-order chi connectivity index (χ1) is 10.1. The molecule has 2 aliphatic heterocycles. The third kappa shape index (κ3) is 3.27. The average molecular weight is 311 g/mol. The first kappa shape index (κ1) is 17.2. The Kier molecular flexibility index (Phi) is 4.82. The molecule has 2 heterocycles. The van der Waals surface area contributed by atoms with Gasteiger partial charge < -0.3 is 15.3 Å². The van der Waals surface area contributed by atoms with Crippen molar-refractivity contribution in [3.8, 4) is 0 Å². The Morgan fingerprint density at radius 2 is 1.77 bits per heavy atom. The van der Waals surface area contributed by atoms with Gasteiger partial charge in [-0.2, -0.15) is 0 Å². The molecule has 0 aromatic heterocycles. The van der Waals surface area contributed by atoms with Crippen LogP contribution in [0.5, 0.6) is 0 Å². The van der Waals surface area contributed by atoms with E-state index in [0.29, 0.717) is 0 Å². The molecule has 2 aliphatic rings. The van der Waals surface area contributed by atoms with Crippen LogP contribution in [-0.2, 0) is 9.59 Å². The lowest BCUT2D eigenvalue weighted by atomic mass is 9.78. The molecule has 0 aliphatic carbocycles. The highest BCUT2D eigenvalue weighted by atomic mass is 16.3. The summed E-state index contributed by atoms with van der Waals surface area (Å²) >= 11 is 0. The third-order valence-electron chi connectivity index (χ3n) is 4.99. The minimum Gasteiger partial charge on any atom is -0.393 e. The van der Waals surface area contributed by atoms with E-state index in [2.05, 4.69) is 31.0 Å². The van der Waals surface area contributed by atoms with Crippen molar-refractivity contribution in [1.82, 2.24) is 15.1 Å². The molecule has 6 nitrogen and oxygen atoms in total. The second-order valence-electron chi connectivity index (χ2n) is 7.57. The smallest absolute Gasteiger partial charge is 0.228 e. The summed E-state index contributed by atoms with van der Waals surface area (Å²) < 4.78 is 0. The molecule has 6 heteroatoms. The summed E-state index contributed by atoms with van der Waals surface area (Å²) in [7, 11) is 0. The van der Waals surface area contributed by atoms with Gasteiger partial charge in [-0.1, -0.05) is 6.92 Å². The van der Waals surface area contributed by atoms with Crippen molar-refractivity contribution < 1.29 is 14.7 Å². The van der Waals surface area contributed by atoms with Gasteiger partial charge in [0.1, 0.15) is 0 Å². The lowest BCUT2D eigenvalue weighted by Gasteiger charge is -2.45. The molecule has 0 spiro atoms. The van der Waals surface area contributed by atoms with Crippen LogP contribution in [0.2, 0.25) is 0 Å². The second-order valence-corrected chi connectivity index (χ2v) is 7.57. The predicted octanol–water partition coefficient (Wildman–Crippen LogP) is 0.0606. The maximum Gasteiger partial charge on any atom is 0.228 e. The van der Waals surface area contributed by atoms with E-state index in [1.165, 1.54) is 0 Å². The zero-order chi connectivity index (χ0) is 16.7. The van der Waals surface area contributed by atoms with Crippen LogP contribution < -0.4 is 5.32 Å². The fourth-order valence-corrected chi connectivity index (χ4v) is 3.41. The van der Waals surface area contributed by atoms with Gasteiger partial charge in [-0.05, 0) is 27.7 Å². The van der Waals surface area contributed by atoms with Gasteiger partial charge in [0.2, 0.25) is 11.8 Å². The largest absolute Gasteiger partial charge is 0.393 e. The first-order valence-electron chi connectivity index (χ1n) is 8.15. The average Bonchev–Trinajstić information content (AvgIpc) is 2.41. The van der Waals surface area contributed by atoms with Crippen molar-refractivity contribution >= 4 is 11.8 Å². The maximum atomic E-state index is 12.6. The van der Waals surface area contributed by atoms with Gasteiger partial charge in [-0.15, -0.1) is 0 Å². The van der Waals surface area contributed by atoms with Crippen LogP contribution in [-0.4, -0.2) is 70.6 Å². The highest BCUT2D eigenvalue weighted by molar-refractivity contribution is 5.90. The Hall–Kier alpha value is -1.14. The zero-order valence-corrected chi connectivity index (χ0v) is 14.3. The van der Waals surface area contributed by atoms with Gasteiger partial charge in [-0.3, -0.25) is 14.5 Å². The second kappa shape index (κ2) is 6.16. The van der Waals surface area contributed by atoms with E-state index in [9.17, 15) is 14.7 Å². The molecule has 2 unspecified atom stereocenters. The molecule has 0 radical (unpaired) electrons. The van der Waals surface area contributed by atoms with E-state index < -0.39 is 12.0 Å². The summed E-state index contributed by atoms with van der Waals surface area (Å²) in [6, 6.07) is -0.249. The number of amides is 2. The Morgan fingerprint density at radius 3 is 2.18 bits per heavy atom. The highest BCUT2D eigenvalue weighted by Gasteiger charge is 2.48. The Bertz CT molecular complexity index is 436. The summed E-state index contributed by atoms with van der Waals surface area (Å²) in [6.07, 6.45) is -0.716. The summed E-state index contributed by atoms with van der Waals surface area (Å²) in [5.41, 5.74) is 0.125. The number of nitrogens with zero attached hydrogens (tertiary/aromatic N) is 2. The number of aliphatic hydroxyl groups excluding tert-OH is 1. The fraction of sp³-hybridized carbons (Fsp3) is 0.875. The monoisotopic (exact) mass is 311 g/mol. The van der Waals surface area contributed by atoms with E-state index in [1.807, 2.05) is 11.8 Å². The van der Waals surface area contributed by atoms with Crippen molar-refractivity contribution in [2.75, 3.05) is 26.2 Å². The number of hydrogen-bond donors (Lipinski definition) is 2. The van der Waals surface area contributed by atoms with Crippen LogP contribution >= 0.6 is 0 Å². The highest BCUT2D eigenvalue weighted by Crippen LogP contribution is 2.27. The van der Waals surface area contributed by atoms with Crippen LogP contribution in [0.25, 0.3) is 0 Å². The number of rotatable bonds is 3. The molecule has 0 bridgehead atoms. The molecule has 2 amide bonds. The summed E-state index contributed by atoms with van der Waals surface area (Å²) in [5.74, 6) is -0.838. The molecule has 2 N–H and O–H groups in total. The number of piperazine rings is 1. The molecule has 4 atom stereocenters. The van der Waals surface area contributed by atoms with Gasteiger partial charge in [-0.25, -0.2) is 0 Å². The summed E-state index contributed by atoms with van der Waals surface area (Å²) in [5, 5.41) is 12.5. The number of hydrogen-bond acceptors (Lipinski definition) is 4. The standard InChI is InChI=1S/C16H29N3O3/c1-10(13-12(11(2)20)14(21)17-13)15(22)18-6-8-19(9-7-18)16(3,4)5/h10-13,20H,6-9H2,1-5H3,(H,17,21)/t10?,11?,12-,13-/m1/s1. The maximum absolute atomic E-state index is 12.6. The van der Waals surface area contributed by atoms with Gasteiger partial charge in [0.25, 0.3) is 0 Å². The topological polar surface area (TPSA) is 72.9 Å². The predicted molar refractivity (Wildman–Crippen MR) is 84.2 cm³/mol. The van der Waals surface area contributed by atoms with Crippen molar-refractivity contribution in [3.05, 3.63) is 0 Å². The molecule has 2 fully saturated rings. The van der Waals surface area contributed by atoms with Crippen molar-refractivity contribution in [3.63, 3.8) is 0 Å². The molecule has 0 aromatic carbocycles. The fourth-order valence-electron chi connectivity index (χ4n) is 3.41. The van der Waals surface area contributed by atoms with Crippen LogP contribution in [0.15, 0.2) is 0 Å². The molecule has 2 saturated heterocycles. The third-order valence-corrected chi connectivity index (χ3v) is 4.99. The lowest BCUT2D eigenvalue weighted by molar-refractivity contribution is -0.149. The minimum absolute atomic E-state index is 0.0733. The van der Waals surface area contributed by atoms with Gasteiger partial charge in [0, 0.05) is 31.7 Å². The molecule has 2 rings (SSSR count). The molecule has 126 valence electrons. The Morgan fingerprint density at radius 1 is 1.23 bits per heavy atom. The van der Waals surface area contributed by atoms with E-state index in [4.69, 9.17) is 0 Å². The first-order valence-corrected chi connectivity index (χ1v) is 8.15. The van der Waals surface area contributed by atoms with Crippen LogP contribution in [0, 0.1) is 11.8 Å². The molecular formula is C16H29N3O3. The zero-order valence-electron chi connectivity index (χ0n) is 14.3. The number of carbonyl (C=O) groups is 2. The van der Waals surface area contributed by atoms with Gasteiger partial charge in [0.15, 0.2) is 0 Å². The van der Waals surface area contributed by atoms with Crippen LogP contribution in [0.1, 0.15) is 34.6 Å². The normalized spacial score (nSPS) is 29.5. The summed E-state index contributed by atoms with van der Waals surface area (Å²) in [4.78, 5) is 28.4. The number of nitrogens with one attached hydrogen (secondary N) is 1. The number of carbonyl (C=O) groups excluding carboxylic acids is 2. The Labute approximate surface area is 132 Å². The van der Waals surface area contributed by atoms with Crippen molar-refractivity contribution in [2.45, 2.75) is 52.3 Å². The number of β-lactam (4-membered cyclic amide) rings is 1. The number of aliphatic hydroxyl groups is 1. The van der Waals surface area contributed by atoms with E-state index in [0.717, 1.165) is 26.2 Å². The van der Waals surface area contributed by atoms with Crippen LogP contribution in [0.4, 0.5) is 0 Å². The molecule has 0 aromatic rings. The van der Waals surface area contributed by atoms with Crippen molar-refractivity contribution in [1.29, 1.82) is 0 Å². The SMILES string of the molecule is CC(C(=O)N1CCN(C(C)(C)C)CC1)[C@H]1NC(=O)[C@@H]1C(C)O. The van der Waals surface area contributed by atoms with E-state index in [-0.39, 0.29) is 29.3 Å². The van der Waals surface area contributed by atoms with E-state index >= 15 is 0 Å². The minimum atomic E-state index is -0.716. The summed E-state index contributed by atoms with van der Waals surface area (Å²) in [6.45, 7) is 13.2. The van der Waals surface area contributed by atoms with E-state index in [1.54, 1.807) is 6.92 Å². The lowest BCUT2D eigenvalue weighted by Crippen LogP contribution is -2.67.